The van der Waals surface area contributed by atoms with Gasteiger partial charge in [-0.3, -0.25) is 24.0 Å². The van der Waals surface area contributed by atoms with E-state index in [1.807, 2.05) is 28.8 Å². The number of carbonyl (C=O) groups is 1. The lowest BCUT2D eigenvalue weighted by Gasteiger charge is -2.06. The summed E-state index contributed by atoms with van der Waals surface area (Å²) in [5, 5.41) is 26.0. The van der Waals surface area contributed by atoms with Gasteiger partial charge in [-0.15, -0.1) is 10.2 Å². The minimum atomic E-state index is -0.484. The summed E-state index contributed by atoms with van der Waals surface area (Å²) in [7, 11) is 0. The van der Waals surface area contributed by atoms with E-state index in [4.69, 9.17) is 0 Å². The molecule has 25 heavy (non-hydrogen) atoms. The first-order valence-electron chi connectivity index (χ1n) is 7.71. The summed E-state index contributed by atoms with van der Waals surface area (Å²) in [5.74, 6) is 0.479. The molecule has 3 aromatic heterocycles. The molecular formula is C15H17N7O3. The van der Waals surface area contributed by atoms with Gasteiger partial charge in [0.25, 0.3) is 0 Å². The molecule has 130 valence electrons. The van der Waals surface area contributed by atoms with E-state index >= 15 is 0 Å². The molecule has 3 rings (SSSR count). The second kappa shape index (κ2) is 6.67. The van der Waals surface area contributed by atoms with E-state index in [-0.39, 0.29) is 18.1 Å². The summed E-state index contributed by atoms with van der Waals surface area (Å²) in [5.41, 5.74) is 1.35. The van der Waals surface area contributed by atoms with Gasteiger partial charge in [-0.2, -0.15) is 5.10 Å². The Hall–Kier alpha value is -3.30. The van der Waals surface area contributed by atoms with Crippen molar-refractivity contribution in [2.45, 2.75) is 26.8 Å². The second-order valence-electron chi connectivity index (χ2n) is 5.58. The normalized spacial score (nSPS) is 11.0. The lowest BCUT2D eigenvalue weighted by Crippen LogP contribution is -2.30. The van der Waals surface area contributed by atoms with Gasteiger partial charge in [0.2, 0.25) is 5.91 Å². The van der Waals surface area contributed by atoms with Crippen molar-refractivity contribution >= 4 is 17.2 Å². The molecule has 0 atom stereocenters. The van der Waals surface area contributed by atoms with E-state index in [9.17, 15) is 14.9 Å². The van der Waals surface area contributed by atoms with E-state index in [0.717, 1.165) is 11.5 Å². The van der Waals surface area contributed by atoms with Crippen LogP contribution < -0.4 is 5.32 Å². The van der Waals surface area contributed by atoms with Gasteiger partial charge >= 0.3 is 5.69 Å². The molecule has 0 aliphatic heterocycles. The van der Waals surface area contributed by atoms with Gasteiger partial charge in [-0.25, -0.2) is 0 Å². The fourth-order valence-electron chi connectivity index (χ4n) is 2.67. The third kappa shape index (κ3) is 3.32. The lowest BCUT2D eigenvalue weighted by molar-refractivity contribution is -0.386. The van der Waals surface area contributed by atoms with Gasteiger partial charge in [-0.05, 0) is 26.0 Å². The maximum atomic E-state index is 12.1. The molecule has 10 heteroatoms. The van der Waals surface area contributed by atoms with Gasteiger partial charge in [0.15, 0.2) is 5.65 Å². The predicted octanol–water partition coefficient (Wildman–Crippen LogP) is 0.810. The first-order chi connectivity index (χ1) is 12.0. The third-order valence-corrected chi connectivity index (χ3v) is 3.87. The van der Waals surface area contributed by atoms with Crippen molar-refractivity contribution in [3.8, 4) is 0 Å². The monoisotopic (exact) mass is 343 g/mol. The van der Waals surface area contributed by atoms with Gasteiger partial charge in [-0.1, -0.05) is 6.07 Å². The van der Waals surface area contributed by atoms with Crippen LogP contribution >= 0.6 is 0 Å². The highest BCUT2D eigenvalue weighted by Gasteiger charge is 2.22. The van der Waals surface area contributed by atoms with Crippen molar-refractivity contribution in [1.29, 1.82) is 0 Å². The quantitative estimate of drug-likeness (QED) is 0.522. The number of pyridine rings is 1. The molecule has 0 saturated heterocycles. The fraction of sp³-hybridized carbons (Fsp3) is 0.333. The molecule has 1 amide bonds. The van der Waals surface area contributed by atoms with E-state index in [1.165, 1.54) is 4.68 Å². The number of hydrogen-bond donors (Lipinski definition) is 1. The zero-order valence-electron chi connectivity index (χ0n) is 13.8. The number of aryl methyl sites for hydroxylation is 1. The summed E-state index contributed by atoms with van der Waals surface area (Å²) in [6, 6.07) is 5.61. The average Bonchev–Trinajstić information content (AvgIpc) is 3.09. The summed E-state index contributed by atoms with van der Waals surface area (Å²) < 4.78 is 3.20. The molecule has 1 N–H and O–H groups in total. The van der Waals surface area contributed by atoms with Crippen molar-refractivity contribution in [2.24, 2.45) is 0 Å². The van der Waals surface area contributed by atoms with Crippen molar-refractivity contribution in [3.05, 3.63) is 51.7 Å². The number of hydrogen-bond acceptors (Lipinski definition) is 6. The highest BCUT2D eigenvalue weighted by atomic mass is 16.6. The Morgan fingerprint density at radius 2 is 2.12 bits per heavy atom. The van der Waals surface area contributed by atoms with Gasteiger partial charge < -0.3 is 5.32 Å². The summed E-state index contributed by atoms with van der Waals surface area (Å²) in [6.45, 7) is 3.45. The Morgan fingerprint density at radius 1 is 1.32 bits per heavy atom. The van der Waals surface area contributed by atoms with Crippen LogP contribution in [0, 0.1) is 24.0 Å². The molecule has 0 bridgehead atoms. The molecule has 0 fully saturated rings. The Kier molecular flexibility index (Phi) is 4.42. The highest BCUT2D eigenvalue weighted by Crippen LogP contribution is 2.21. The van der Waals surface area contributed by atoms with Crippen LogP contribution in [0.2, 0.25) is 0 Å². The van der Waals surface area contributed by atoms with E-state index in [0.29, 0.717) is 24.4 Å². The van der Waals surface area contributed by atoms with Crippen LogP contribution in [0.3, 0.4) is 0 Å². The van der Waals surface area contributed by atoms with Crippen LogP contribution in [-0.2, 0) is 17.8 Å². The SMILES string of the molecule is Cc1nn(CC(=O)NCCc2nnc3ccccn23)c(C)c1[N+](=O)[O-]. The molecule has 0 spiro atoms. The number of rotatable bonds is 6. The minimum absolute atomic E-state index is 0.0530. The second-order valence-corrected chi connectivity index (χ2v) is 5.58. The molecule has 3 heterocycles. The standard InChI is InChI=1S/C15H17N7O3/c1-10-15(22(24)25)11(2)21(19-10)9-14(23)16-7-6-13-18-17-12-5-3-4-8-20(12)13/h3-5,8H,6-7,9H2,1-2H3,(H,16,23). The van der Waals surface area contributed by atoms with E-state index < -0.39 is 4.92 Å². The first-order valence-corrected chi connectivity index (χ1v) is 7.71. The van der Waals surface area contributed by atoms with Crippen LogP contribution in [0.25, 0.3) is 5.65 Å². The summed E-state index contributed by atoms with van der Waals surface area (Å²) >= 11 is 0. The number of carbonyl (C=O) groups excluding carboxylic acids is 1. The Balaban J connectivity index is 1.59. The van der Waals surface area contributed by atoms with Crippen LogP contribution in [-0.4, -0.2) is 41.8 Å². The number of nitrogens with one attached hydrogen (secondary N) is 1. The Bertz CT molecular complexity index is 944. The Labute approximate surface area is 142 Å². The van der Waals surface area contributed by atoms with Crippen molar-refractivity contribution in [1.82, 2.24) is 29.7 Å². The zero-order chi connectivity index (χ0) is 18.0. The number of nitro groups is 1. The fourth-order valence-corrected chi connectivity index (χ4v) is 2.67. The van der Waals surface area contributed by atoms with Crippen molar-refractivity contribution < 1.29 is 9.72 Å². The molecule has 0 aliphatic rings. The topological polar surface area (TPSA) is 120 Å². The molecule has 0 unspecified atom stereocenters. The molecule has 0 aliphatic carbocycles. The van der Waals surface area contributed by atoms with E-state index in [1.54, 1.807) is 13.8 Å². The van der Waals surface area contributed by atoms with Crippen LogP contribution in [0.1, 0.15) is 17.2 Å². The number of amides is 1. The summed E-state index contributed by atoms with van der Waals surface area (Å²) in [6.07, 6.45) is 2.38. The average molecular weight is 343 g/mol. The molecule has 0 radical (unpaired) electrons. The molecule has 10 nitrogen and oxygen atoms in total. The minimum Gasteiger partial charge on any atom is -0.354 e. The molecule has 3 aromatic rings. The number of fused-ring (bicyclic) bond motifs is 1. The molecule has 0 aromatic carbocycles. The smallest absolute Gasteiger partial charge is 0.312 e. The predicted molar refractivity (Wildman–Crippen MR) is 88.1 cm³/mol. The van der Waals surface area contributed by atoms with Crippen LogP contribution in [0.15, 0.2) is 24.4 Å². The van der Waals surface area contributed by atoms with Crippen LogP contribution in [0.5, 0.6) is 0 Å². The van der Waals surface area contributed by atoms with E-state index in [2.05, 4.69) is 20.6 Å². The largest absolute Gasteiger partial charge is 0.354 e. The summed E-state index contributed by atoms with van der Waals surface area (Å²) in [4.78, 5) is 22.6. The molecular weight excluding hydrogens is 326 g/mol. The Morgan fingerprint density at radius 3 is 2.84 bits per heavy atom. The van der Waals surface area contributed by atoms with Crippen molar-refractivity contribution in [3.63, 3.8) is 0 Å². The van der Waals surface area contributed by atoms with Crippen molar-refractivity contribution in [2.75, 3.05) is 6.54 Å². The highest BCUT2D eigenvalue weighted by molar-refractivity contribution is 5.75. The zero-order valence-corrected chi connectivity index (χ0v) is 13.8. The van der Waals surface area contributed by atoms with Gasteiger partial charge in [0.1, 0.15) is 23.8 Å². The maximum Gasteiger partial charge on any atom is 0.312 e. The number of nitrogens with zero attached hydrogens (tertiary/aromatic N) is 6. The number of aromatic nitrogens is 5. The van der Waals surface area contributed by atoms with Crippen LogP contribution in [0.4, 0.5) is 5.69 Å². The third-order valence-electron chi connectivity index (χ3n) is 3.87. The lowest BCUT2D eigenvalue weighted by atomic mass is 10.3. The molecule has 0 saturated carbocycles. The van der Waals surface area contributed by atoms with Gasteiger partial charge in [0, 0.05) is 19.2 Å². The van der Waals surface area contributed by atoms with Gasteiger partial charge in [0.05, 0.1) is 4.92 Å². The first kappa shape index (κ1) is 16.6. The maximum absolute atomic E-state index is 12.1.